The second-order valence-electron chi connectivity index (χ2n) is 9.18. The van der Waals surface area contributed by atoms with Crippen LogP contribution in [0.3, 0.4) is 0 Å². The number of hydrogen-bond acceptors (Lipinski definition) is 2. The quantitative estimate of drug-likeness (QED) is 0.204. The van der Waals surface area contributed by atoms with Gasteiger partial charge in [-0.05, 0) is 62.2 Å². The number of allylic oxidation sites excluding steroid dienone is 3. The van der Waals surface area contributed by atoms with Crippen LogP contribution in [0, 0.1) is 5.82 Å². The molecule has 0 aliphatic rings. The molecule has 0 amide bonds. The normalized spacial score (nSPS) is 14.2. The van der Waals surface area contributed by atoms with Gasteiger partial charge >= 0.3 is 12.4 Å². The summed E-state index contributed by atoms with van der Waals surface area (Å²) in [6.45, 7) is 4.89. The summed E-state index contributed by atoms with van der Waals surface area (Å²) in [7, 11) is 0. The summed E-state index contributed by atoms with van der Waals surface area (Å²) in [6, 6.07) is 16.3. The molecule has 0 spiro atoms. The first-order chi connectivity index (χ1) is 19.1. The molecule has 3 aromatic rings. The highest BCUT2D eigenvalue weighted by Crippen LogP contribution is 2.35. The number of pyridine rings is 1. The molecule has 0 aliphatic heterocycles. The summed E-state index contributed by atoms with van der Waals surface area (Å²) in [6.07, 6.45) is -5.74. The van der Waals surface area contributed by atoms with Crippen molar-refractivity contribution in [3.8, 4) is 0 Å². The first-order valence-electron chi connectivity index (χ1n) is 12.4. The maximum absolute atomic E-state index is 13.7. The third kappa shape index (κ3) is 10.6. The lowest BCUT2D eigenvalue weighted by Crippen LogP contribution is -2.46. The van der Waals surface area contributed by atoms with Gasteiger partial charge in [0.15, 0.2) is 0 Å². The first-order valence-corrected chi connectivity index (χ1v) is 12.7. The number of nitrogens with zero attached hydrogens (tertiary/aromatic N) is 1. The Hall–Kier alpha value is -3.24. The largest absolute Gasteiger partial charge is 0.419 e. The molecule has 1 aromatic heterocycles. The van der Waals surface area contributed by atoms with Crippen LogP contribution in [-0.2, 0) is 24.7 Å². The summed E-state index contributed by atoms with van der Waals surface area (Å²) in [4.78, 5) is 4.52. The van der Waals surface area contributed by atoms with E-state index in [0.717, 1.165) is 30.2 Å². The maximum atomic E-state index is 13.7. The highest BCUT2D eigenvalue weighted by atomic mass is 35.5. The molecule has 222 valence electrons. The SMILES string of the molecule is C/C(F)=C\CC(F)(F)F.C/C=C(\C)C(Cc1ccccc1)(NCc1ccc(F)c(C(F)(F)F)c1)c1ccc(Cl)cn1. The lowest BCUT2D eigenvalue weighted by molar-refractivity contribution is -0.140. The standard InChI is InChI=1S/C25H23ClF4N2.C5H6F4/c1-3-17(2)24(14-18-7-5-4-6-8-18,23-12-10-20(26)16-31-23)32-15-19-9-11-22(27)21(13-19)25(28,29)30;1-4(6)2-3-5(7,8)9/h3-13,16,32H,14-15H2,1-2H3;2H,3H2,1H3/b17-3+;4-2+. The fourth-order valence-corrected chi connectivity index (χ4v) is 4.02. The van der Waals surface area contributed by atoms with Gasteiger partial charge in [0, 0.05) is 19.2 Å². The van der Waals surface area contributed by atoms with Gasteiger partial charge in [-0.2, -0.15) is 26.3 Å². The summed E-state index contributed by atoms with van der Waals surface area (Å²) in [5.41, 5.74) is 0.863. The number of rotatable bonds is 8. The number of halogens is 9. The fraction of sp³-hybridized carbons (Fsp3) is 0.300. The number of nitrogens with one attached hydrogen (secondary N) is 1. The zero-order valence-corrected chi connectivity index (χ0v) is 23.2. The van der Waals surface area contributed by atoms with E-state index in [2.05, 4.69) is 10.3 Å². The first kappa shape index (κ1) is 34.0. The summed E-state index contributed by atoms with van der Waals surface area (Å²) in [5, 5.41) is 3.90. The van der Waals surface area contributed by atoms with Crippen LogP contribution in [0.5, 0.6) is 0 Å². The number of benzene rings is 2. The zero-order chi connectivity index (χ0) is 30.8. The van der Waals surface area contributed by atoms with E-state index in [1.807, 2.05) is 50.3 Å². The Morgan fingerprint density at radius 3 is 2.07 bits per heavy atom. The molecule has 11 heteroatoms. The van der Waals surface area contributed by atoms with Gasteiger partial charge in [0.25, 0.3) is 0 Å². The molecule has 1 unspecified atom stereocenters. The molecule has 1 heterocycles. The fourth-order valence-electron chi connectivity index (χ4n) is 3.91. The smallest absolute Gasteiger partial charge is 0.298 e. The Bertz CT molecular complexity index is 1310. The van der Waals surface area contributed by atoms with Crippen molar-refractivity contribution < 1.29 is 35.1 Å². The van der Waals surface area contributed by atoms with Crippen LogP contribution in [0.15, 0.2) is 90.4 Å². The minimum absolute atomic E-state index is 0.0751. The zero-order valence-electron chi connectivity index (χ0n) is 22.5. The minimum Gasteiger partial charge on any atom is -0.298 e. The Morgan fingerprint density at radius 2 is 1.59 bits per heavy atom. The molecule has 0 saturated heterocycles. The van der Waals surface area contributed by atoms with Gasteiger partial charge in [-0.15, -0.1) is 0 Å². The van der Waals surface area contributed by atoms with Gasteiger partial charge in [-0.3, -0.25) is 10.3 Å². The van der Waals surface area contributed by atoms with Crippen molar-refractivity contribution >= 4 is 11.6 Å². The van der Waals surface area contributed by atoms with E-state index in [9.17, 15) is 35.1 Å². The van der Waals surface area contributed by atoms with Crippen LogP contribution in [0.1, 0.15) is 49.6 Å². The second kappa shape index (κ2) is 14.6. The molecule has 3 rings (SSSR count). The molecular formula is C30H29ClF8N2. The van der Waals surface area contributed by atoms with Crippen molar-refractivity contribution in [2.24, 2.45) is 0 Å². The number of alkyl halides is 6. The molecular weight excluding hydrogens is 576 g/mol. The Kier molecular flexibility index (Phi) is 12.1. The third-order valence-electron chi connectivity index (χ3n) is 6.13. The van der Waals surface area contributed by atoms with Gasteiger partial charge < -0.3 is 0 Å². The molecule has 0 saturated carbocycles. The average molecular weight is 605 g/mol. The Balaban J connectivity index is 0.000000564. The topological polar surface area (TPSA) is 24.9 Å². The highest BCUT2D eigenvalue weighted by molar-refractivity contribution is 6.30. The van der Waals surface area contributed by atoms with E-state index in [-0.39, 0.29) is 6.54 Å². The summed E-state index contributed by atoms with van der Waals surface area (Å²) >= 11 is 6.04. The highest BCUT2D eigenvalue weighted by Gasteiger charge is 2.37. The van der Waals surface area contributed by atoms with Crippen LogP contribution in [0.4, 0.5) is 35.1 Å². The van der Waals surface area contributed by atoms with Gasteiger partial charge in [-0.1, -0.05) is 59.6 Å². The Morgan fingerprint density at radius 1 is 0.927 bits per heavy atom. The predicted molar refractivity (Wildman–Crippen MR) is 144 cm³/mol. The monoisotopic (exact) mass is 604 g/mol. The Labute approximate surface area is 238 Å². The van der Waals surface area contributed by atoms with Gasteiger partial charge in [0.1, 0.15) is 5.82 Å². The van der Waals surface area contributed by atoms with E-state index in [0.29, 0.717) is 28.8 Å². The van der Waals surface area contributed by atoms with Crippen molar-refractivity contribution in [2.75, 3.05) is 0 Å². The molecule has 2 nitrogen and oxygen atoms in total. The van der Waals surface area contributed by atoms with Gasteiger partial charge in [0.05, 0.1) is 34.1 Å². The molecule has 1 N–H and O–H groups in total. The molecule has 0 fully saturated rings. The van der Waals surface area contributed by atoms with Crippen molar-refractivity contribution in [1.82, 2.24) is 10.3 Å². The molecule has 0 aliphatic carbocycles. The number of hydrogen-bond donors (Lipinski definition) is 1. The van der Waals surface area contributed by atoms with Crippen molar-refractivity contribution in [2.45, 2.75) is 58.0 Å². The molecule has 0 bridgehead atoms. The minimum atomic E-state index is -4.77. The lowest BCUT2D eigenvalue weighted by atomic mass is 9.80. The average Bonchev–Trinajstić information content (AvgIpc) is 2.90. The van der Waals surface area contributed by atoms with Crippen LogP contribution in [0.25, 0.3) is 0 Å². The molecule has 0 radical (unpaired) electrons. The van der Waals surface area contributed by atoms with E-state index >= 15 is 0 Å². The molecule has 2 aromatic carbocycles. The van der Waals surface area contributed by atoms with Crippen molar-refractivity contribution in [3.05, 3.63) is 124 Å². The van der Waals surface area contributed by atoms with Crippen LogP contribution < -0.4 is 5.32 Å². The van der Waals surface area contributed by atoms with E-state index in [4.69, 9.17) is 11.6 Å². The number of aromatic nitrogens is 1. The van der Waals surface area contributed by atoms with Crippen molar-refractivity contribution in [3.63, 3.8) is 0 Å². The van der Waals surface area contributed by atoms with E-state index < -0.39 is 41.5 Å². The van der Waals surface area contributed by atoms with Crippen LogP contribution in [0.2, 0.25) is 5.02 Å². The van der Waals surface area contributed by atoms with E-state index in [1.165, 1.54) is 6.07 Å². The maximum Gasteiger partial charge on any atom is 0.419 e. The van der Waals surface area contributed by atoms with Gasteiger partial charge in [-0.25, -0.2) is 8.78 Å². The third-order valence-corrected chi connectivity index (χ3v) is 6.35. The lowest BCUT2D eigenvalue weighted by Gasteiger charge is -2.36. The summed E-state index contributed by atoms with van der Waals surface area (Å²) in [5.74, 6) is -2.09. The predicted octanol–water partition coefficient (Wildman–Crippen LogP) is 9.90. The van der Waals surface area contributed by atoms with Gasteiger partial charge in [0.2, 0.25) is 0 Å². The van der Waals surface area contributed by atoms with E-state index in [1.54, 1.807) is 18.3 Å². The van der Waals surface area contributed by atoms with Crippen LogP contribution in [-0.4, -0.2) is 11.2 Å². The molecule has 1 atom stereocenters. The van der Waals surface area contributed by atoms with Crippen LogP contribution >= 0.6 is 11.6 Å². The second-order valence-corrected chi connectivity index (χ2v) is 9.61. The molecule has 41 heavy (non-hydrogen) atoms. The van der Waals surface area contributed by atoms with Crippen molar-refractivity contribution in [1.29, 1.82) is 0 Å². The summed E-state index contributed by atoms with van der Waals surface area (Å²) < 4.78 is 98.5.